The van der Waals surface area contributed by atoms with E-state index in [-0.39, 0.29) is 11.8 Å². The molecule has 82 valence electrons. The monoisotopic (exact) mass is 219 g/mol. The summed E-state index contributed by atoms with van der Waals surface area (Å²) in [5.74, 6) is -0.813. The van der Waals surface area contributed by atoms with Crippen molar-refractivity contribution in [2.75, 3.05) is 5.32 Å². The number of aromatic carboxylic acids is 1. The van der Waals surface area contributed by atoms with Gasteiger partial charge in [-0.3, -0.25) is 5.32 Å². The highest BCUT2D eigenvalue weighted by molar-refractivity contribution is 5.84. The van der Waals surface area contributed by atoms with Crippen LogP contribution in [0.1, 0.15) is 16.1 Å². The van der Waals surface area contributed by atoms with E-state index in [1.54, 1.807) is 12.3 Å². The molecular weight excluding hydrogens is 210 g/mol. The SMILES string of the molecule is Cc1ccnc(Nc2ncc(C(=O)O)o2)c1. The molecule has 0 atom stereocenters. The number of rotatable bonds is 3. The van der Waals surface area contributed by atoms with Crippen LogP contribution in [0.2, 0.25) is 0 Å². The molecule has 2 rings (SSSR count). The summed E-state index contributed by atoms with van der Waals surface area (Å²) in [6.45, 7) is 1.92. The number of anilines is 2. The zero-order valence-corrected chi connectivity index (χ0v) is 8.47. The van der Waals surface area contributed by atoms with Gasteiger partial charge in [0.1, 0.15) is 5.82 Å². The highest BCUT2D eigenvalue weighted by Gasteiger charge is 2.10. The molecule has 16 heavy (non-hydrogen) atoms. The maximum absolute atomic E-state index is 10.5. The lowest BCUT2D eigenvalue weighted by atomic mass is 10.3. The first-order valence-electron chi connectivity index (χ1n) is 4.54. The Balaban J connectivity index is 2.17. The fraction of sp³-hybridized carbons (Fsp3) is 0.100. The van der Waals surface area contributed by atoms with Crippen LogP contribution in [0.15, 0.2) is 28.9 Å². The average Bonchev–Trinajstić information content (AvgIpc) is 2.66. The molecule has 0 bridgehead atoms. The van der Waals surface area contributed by atoms with Gasteiger partial charge in [0.15, 0.2) is 0 Å². The number of carboxylic acid groups (broad SMARTS) is 1. The molecule has 0 aliphatic heterocycles. The predicted octanol–water partition coefficient (Wildman–Crippen LogP) is 1.82. The molecule has 0 amide bonds. The van der Waals surface area contributed by atoms with E-state index in [9.17, 15) is 4.79 Å². The van der Waals surface area contributed by atoms with Crippen molar-refractivity contribution in [2.45, 2.75) is 6.92 Å². The molecule has 2 N–H and O–H groups in total. The quantitative estimate of drug-likeness (QED) is 0.818. The van der Waals surface area contributed by atoms with Gasteiger partial charge < -0.3 is 9.52 Å². The van der Waals surface area contributed by atoms with Gasteiger partial charge in [-0.2, -0.15) is 0 Å². The zero-order chi connectivity index (χ0) is 11.5. The van der Waals surface area contributed by atoms with Crippen LogP contribution < -0.4 is 5.32 Å². The van der Waals surface area contributed by atoms with Crippen LogP contribution in [0.5, 0.6) is 0 Å². The van der Waals surface area contributed by atoms with E-state index in [4.69, 9.17) is 9.52 Å². The molecule has 6 heteroatoms. The molecule has 0 saturated carbocycles. The highest BCUT2D eigenvalue weighted by Crippen LogP contribution is 2.15. The fourth-order valence-corrected chi connectivity index (χ4v) is 1.14. The minimum Gasteiger partial charge on any atom is -0.475 e. The van der Waals surface area contributed by atoms with Crippen molar-refractivity contribution in [3.63, 3.8) is 0 Å². The van der Waals surface area contributed by atoms with Gasteiger partial charge in [0.05, 0.1) is 6.20 Å². The van der Waals surface area contributed by atoms with Crippen LogP contribution in [0, 0.1) is 6.92 Å². The number of nitrogens with one attached hydrogen (secondary N) is 1. The molecule has 2 aromatic heterocycles. The Bertz CT molecular complexity index is 522. The Morgan fingerprint density at radius 3 is 2.94 bits per heavy atom. The van der Waals surface area contributed by atoms with Crippen LogP contribution >= 0.6 is 0 Å². The van der Waals surface area contributed by atoms with Crippen molar-refractivity contribution >= 4 is 17.8 Å². The summed E-state index contributed by atoms with van der Waals surface area (Å²) in [5.41, 5.74) is 1.03. The first-order chi connectivity index (χ1) is 7.65. The van der Waals surface area contributed by atoms with Gasteiger partial charge in [-0.15, -0.1) is 0 Å². The number of aryl methyl sites for hydroxylation is 1. The Morgan fingerprint density at radius 2 is 2.31 bits per heavy atom. The van der Waals surface area contributed by atoms with Crippen LogP contribution in [0.3, 0.4) is 0 Å². The van der Waals surface area contributed by atoms with E-state index in [2.05, 4.69) is 15.3 Å². The number of aromatic nitrogens is 2. The third-order valence-electron chi connectivity index (χ3n) is 1.87. The van der Waals surface area contributed by atoms with E-state index in [1.807, 2.05) is 13.0 Å². The van der Waals surface area contributed by atoms with Crippen molar-refractivity contribution in [1.82, 2.24) is 9.97 Å². The number of carboxylic acids is 1. The topological polar surface area (TPSA) is 88.2 Å². The van der Waals surface area contributed by atoms with Crippen LogP contribution in [-0.2, 0) is 0 Å². The molecule has 0 radical (unpaired) electrons. The van der Waals surface area contributed by atoms with Crippen molar-refractivity contribution in [1.29, 1.82) is 0 Å². The second-order valence-electron chi connectivity index (χ2n) is 3.18. The van der Waals surface area contributed by atoms with Crippen molar-refractivity contribution in [2.24, 2.45) is 0 Å². The smallest absolute Gasteiger partial charge is 0.373 e. The van der Waals surface area contributed by atoms with Crippen LogP contribution in [0.4, 0.5) is 11.8 Å². The number of carbonyl (C=O) groups is 1. The minimum atomic E-state index is -1.15. The Hall–Kier alpha value is -2.37. The standard InChI is InChI=1S/C10H9N3O3/c1-6-2-3-11-8(4-6)13-10-12-5-7(16-10)9(14)15/h2-5H,1H3,(H,14,15)(H,11,12,13). The van der Waals surface area contributed by atoms with Gasteiger partial charge in [-0.1, -0.05) is 0 Å². The van der Waals surface area contributed by atoms with Crippen LogP contribution in [-0.4, -0.2) is 21.0 Å². The first-order valence-corrected chi connectivity index (χ1v) is 4.54. The maximum atomic E-state index is 10.5. The summed E-state index contributed by atoms with van der Waals surface area (Å²) in [4.78, 5) is 18.3. The Morgan fingerprint density at radius 1 is 1.50 bits per heavy atom. The molecule has 0 unspecified atom stereocenters. The van der Waals surface area contributed by atoms with Gasteiger partial charge in [-0.25, -0.2) is 14.8 Å². The van der Waals surface area contributed by atoms with E-state index >= 15 is 0 Å². The number of pyridine rings is 1. The lowest BCUT2D eigenvalue weighted by Gasteiger charge is -2.00. The van der Waals surface area contributed by atoms with Gasteiger partial charge in [-0.05, 0) is 24.6 Å². The second kappa shape index (κ2) is 4.01. The molecule has 2 aromatic rings. The fourth-order valence-electron chi connectivity index (χ4n) is 1.14. The molecule has 0 aromatic carbocycles. The molecule has 0 fully saturated rings. The lowest BCUT2D eigenvalue weighted by Crippen LogP contribution is -1.94. The van der Waals surface area contributed by atoms with Crippen molar-refractivity contribution in [3.8, 4) is 0 Å². The lowest BCUT2D eigenvalue weighted by molar-refractivity contribution is 0.0663. The average molecular weight is 219 g/mol. The number of hydrogen-bond donors (Lipinski definition) is 2. The van der Waals surface area contributed by atoms with E-state index in [0.29, 0.717) is 5.82 Å². The summed E-state index contributed by atoms with van der Waals surface area (Å²) < 4.78 is 4.93. The number of oxazole rings is 1. The number of nitrogens with zero attached hydrogens (tertiary/aromatic N) is 2. The molecule has 0 aliphatic rings. The van der Waals surface area contributed by atoms with Crippen LogP contribution in [0.25, 0.3) is 0 Å². The minimum absolute atomic E-state index is 0.107. The molecule has 0 spiro atoms. The molecule has 0 aliphatic carbocycles. The molecule has 0 saturated heterocycles. The normalized spacial score (nSPS) is 10.1. The third-order valence-corrected chi connectivity index (χ3v) is 1.87. The second-order valence-corrected chi connectivity index (χ2v) is 3.18. The van der Waals surface area contributed by atoms with E-state index < -0.39 is 5.97 Å². The summed E-state index contributed by atoms with van der Waals surface area (Å²) >= 11 is 0. The van der Waals surface area contributed by atoms with Gasteiger partial charge in [0, 0.05) is 6.20 Å². The summed E-state index contributed by atoms with van der Waals surface area (Å²) in [6, 6.07) is 3.75. The zero-order valence-electron chi connectivity index (χ0n) is 8.47. The third kappa shape index (κ3) is 2.17. The molecular formula is C10H9N3O3. The summed E-state index contributed by atoms with van der Waals surface area (Å²) in [6.07, 6.45) is 2.78. The number of hydrogen-bond acceptors (Lipinski definition) is 5. The Kier molecular flexibility index (Phi) is 2.55. The largest absolute Gasteiger partial charge is 0.475 e. The van der Waals surface area contributed by atoms with Gasteiger partial charge >= 0.3 is 12.0 Å². The molecule has 2 heterocycles. The van der Waals surface area contributed by atoms with E-state index in [0.717, 1.165) is 11.8 Å². The summed E-state index contributed by atoms with van der Waals surface area (Å²) in [5, 5.41) is 11.4. The maximum Gasteiger partial charge on any atom is 0.373 e. The summed E-state index contributed by atoms with van der Waals surface area (Å²) in [7, 11) is 0. The van der Waals surface area contributed by atoms with Gasteiger partial charge in [0.25, 0.3) is 0 Å². The molecule has 6 nitrogen and oxygen atoms in total. The van der Waals surface area contributed by atoms with Crippen molar-refractivity contribution < 1.29 is 14.3 Å². The Labute approximate surface area is 91.0 Å². The first kappa shape index (κ1) is 10.2. The van der Waals surface area contributed by atoms with Gasteiger partial charge in [0.2, 0.25) is 5.76 Å². The van der Waals surface area contributed by atoms with Crippen molar-refractivity contribution in [3.05, 3.63) is 35.9 Å². The van der Waals surface area contributed by atoms with E-state index in [1.165, 1.54) is 0 Å². The highest BCUT2D eigenvalue weighted by atomic mass is 16.4. The predicted molar refractivity (Wildman–Crippen MR) is 55.7 cm³/mol.